The van der Waals surface area contributed by atoms with Crippen LogP contribution in [0.15, 0.2) is 65.9 Å². The van der Waals surface area contributed by atoms with E-state index >= 15 is 0 Å². The number of amides is 2. The second-order valence-corrected chi connectivity index (χ2v) is 9.54. The number of fused-ring (bicyclic) bond motifs is 1. The number of aliphatic hydroxyl groups excluding tert-OH is 1. The summed E-state index contributed by atoms with van der Waals surface area (Å²) in [6.07, 6.45) is 6.30. The molecule has 5 rings (SSSR count). The van der Waals surface area contributed by atoms with E-state index in [-0.39, 0.29) is 23.3 Å². The number of anilines is 1. The Labute approximate surface area is 194 Å². The standard InChI is InChI=1S/C27H31N3O3/c31-25-22-16-30(15-18-7-3-1-4-8-18)17-23(22)29-27(33)24(25)26(32)28-21-13-11-20(12-14-21)19-9-5-2-6-10-19/h1,3-4,7-8,11-14,19,22-23,31H,2,5-6,9-10,15-17H2,(H,28,32)(H,29,33)/t22-,23-/m1/s1. The van der Waals surface area contributed by atoms with Gasteiger partial charge in [0.25, 0.3) is 11.8 Å². The molecule has 33 heavy (non-hydrogen) atoms. The zero-order chi connectivity index (χ0) is 22.8. The number of nitrogens with one attached hydrogen (secondary N) is 2. The first kappa shape index (κ1) is 21.7. The summed E-state index contributed by atoms with van der Waals surface area (Å²) >= 11 is 0. The quantitative estimate of drug-likeness (QED) is 0.605. The fourth-order valence-corrected chi connectivity index (χ4v) is 5.51. The molecule has 0 radical (unpaired) electrons. The summed E-state index contributed by atoms with van der Waals surface area (Å²) in [5.41, 5.74) is 2.94. The van der Waals surface area contributed by atoms with E-state index in [1.165, 1.54) is 43.2 Å². The molecule has 6 nitrogen and oxygen atoms in total. The van der Waals surface area contributed by atoms with Gasteiger partial charge in [0.2, 0.25) is 0 Å². The van der Waals surface area contributed by atoms with Gasteiger partial charge in [-0.05, 0) is 42.0 Å². The highest BCUT2D eigenvalue weighted by Gasteiger charge is 2.44. The van der Waals surface area contributed by atoms with Crippen molar-refractivity contribution in [3.63, 3.8) is 0 Å². The minimum Gasteiger partial charge on any atom is -0.511 e. The van der Waals surface area contributed by atoms with Crippen molar-refractivity contribution in [2.75, 3.05) is 18.4 Å². The van der Waals surface area contributed by atoms with Gasteiger partial charge in [0.1, 0.15) is 11.3 Å². The van der Waals surface area contributed by atoms with E-state index in [0.29, 0.717) is 24.7 Å². The maximum absolute atomic E-state index is 12.9. The van der Waals surface area contributed by atoms with Gasteiger partial charge in [0.15, 0.2) is 0 Å². The molecule has 3 N–H and O–H groups in total. The number of aliphatic hydroxyl groups is 1. The molecular weight excluding hydrogens is 414 g/mol. The maximum Gasteiger partial charge on any atom is 0.264 e. The lowest BCUT2D eigenvalue weighted by atomic mass is 9.84. The van der Waals surface area contributed by atoms with Crippen LogP contribution < -0.4 is 10.6 Å². The lowest BCUT2D eigenvalue weighted by Crippen LogP contribution is -2.48. The van der Waals surface area contributed by atoms with Crippen LogP contribution >= 0.6 is 0 Å². The number of rotatable bonds is 5. The van der Waals surface area contributed by atoms with Crippen molar-refractivity contribution in [3.05, 3.63) is 77.1 Å². The van der Waals surface area contributed by atoms with Gasteiger partial charge in [-0.1, -0.05) is 61.7 Å². The summed E-state index contributed by atoms with van der Waals surface area (Å²) in [6.45, 7) is 1.98. The highest BCUT2D eigenvalue weighted by atomic mass is 16.3. The third-order valence-corrected chi connectivity index (χ3v) is 7.27. The van der Waals surface area contributed by atoms with E-state index in [9.17, 15) is 14.7 Å². The molecule has 2 atom stereocenters. The fourth-order valence-electron chi connectivity index (χ4n) is 5.51. The van der Waals surface area contributed by atoms with Crippen LogP contribution in [0.2, 0.25) is 0 Å². The van der Waals surface area contributed by atoms with Crippen molar-refractivity contribution in [1.29, 1.82) is 0 Å². The first-order chi connectivity index (χ1) is 16.1. The van der Waals surface area contributed by atoms with E-state index in [0.717, 1.165) is 6.54 Å². The van der Waals surface area contributed by atoms with Gasteiger partial charge in [-0.3, -0.25) is 14.5 Å². The smallest absolute Gasteiger partial charge is 0.264 e. The fraction of sp³-hybridized carbons (Fsp3) is 0.407. The Morgan fingerprint density at radius 1 is 1.00 bits per heavy atom. The number of benzene rings is 2. The Kier molecular flexibility index (Phi) is 6.18. The molecule has 2 heterocycles. The van der Waals surface area contributed by atoms with Crippen LogP contribution in [0.5, 0.6) is 0 Å². The molecule has 2 aromatic carbocycles. The zero-order valence-corrected chi connectivity index (χ0v) is 18.8. The number of hydrogen-bond donors (Lipinski definition) is 3. The largest absolute Gasteiger partial charge is 0.511 e. The zero-order valence-electron chi connectivity index (χ0n) is 18.8. The molecule has 0 spiro atoms. The van der Waals surface area contributed by atoms with Crippen molar-refractivity contribution in [2.24, 2.45) is 5.92 Å². The monoisotopic (exact) mass is 445 g/mol. The maximum atomic E-state index is 12.9. The summed E-state index contributed by atoms with van der Waals surface area (Å²) in [5.74, 6) is -0.851. The number of hydrogen-bond acceptors (Lipinski definition) is 4. The molecule has 6 heteroatoms. The summed E-state index contributed by atoms with van der Waals surface area (Å²) in [5, 5.41) is 16.6. The summed E-state index contributed by atoms with van der Waals surface area (Å²) in [6, 6.07) is 17.8. The summed E-state index contributed by atoms with van der Waals surface area (Å²) in [7, 11) is 0. The van der Waals surface area contributed by atoms with Crippen molar-refractivity contribution in [1.82, 2.24) is 10.2 Å². The number of likely N-dealkylation sites (tertiary alicyclic amines) is 1. The summed E-state index contributed by atoms with van der Waals surface area (Å²) < 4.78 is 0. The van der Waals surface area contributed by atoms with Crippen LogP contribution in [0.1, 0.15) is 49.1 Å². The van der Waals surface area contributed by atoms with E-state index in [1.54, 1.807) is 0 Å². The molecule has 0 unspecified atom stereocenters. The molecule has 0 bridgehead atoms. The first-order valence-electron chi connectivity index (χ1n) is 12.0. The van der Waals surface area contributed by atoms with Gasteiger partial charge in [-0.2, -0.15) is 0 Å². The van der Waals surface area contributed by atoms with Gasteiger partial charge in [-0.25, -0.2) is 0 Å². The van der Waals surface area contributed by atoms with Crippen LogP contribution in [-0.2, 0) is 16.1 Å². The molecule has 2 amide bonds. The number of carbonyl (C=O) groups excluding carboxylic acids is 2. The van der Waals surface area contributed by atoms with Crippen molar-refractivity contribution < 1.29 is 14.7 Å². The Morgan fingerprint density at radius 3 is 2.45 bits per heavy atom. The lowest BCUT2D eigenvalue weighted by molar-refractivity contribution is -0.123. The molecule has 2 aromatic rings. The number of nitrogens with zero attached hydrogens (tertiary/aromatic N) is 1. The Balaban J connectivity index is 1.26. The van der Waals surface area contributed by atoms with Crippen LogP contribution in [0, 0.1) is 5.92 Å². The van der Waals surface area contributed by atoms with Crippen LogP contribution in [-0.4, -0.2) is 41.0 Å². The third-order valence-electron chi connectivity index (χ3n) is 7.27. The van der Waals surface area contributed by atoms with Crippen molar-refractivity contribution >= 4 is 17.5 Å². The molecule has 2 fully saturated rings. The Hall–Kier alpha value is -3.12. The number of carbonyl (C=O) groups is 2. The molecule has 1 saturated heterocycles. The van der Waals surface area contributed by atoms with Gasteiger partial charge in [0, 0.05) is 25.3 Å². The average molecular weight is 446 g/mol. The van der Waals surface area contributed by atoms with Crippen molar-refractivity contribution in [2.45, 2.75) is 50.6 Å². The minimum absolute atomic E-state index is 0.101. The molecule has 2 aliphatic heterocycles. The van der Waals surface area contributed by atoms with E-state index in [4.69, 9.17) is 0 Å². The molecule has 0 aromatic heterocycles. The lowest BCUT2D eigenvalue weighted by Gasteiger charge is -2.26. The van der Waals surface area contributed by atoms with Crippen LogP contribution in [0.25, 0.3) is 0 Å². The van der Waals surface area contributed by atoms with E-state index in [2.05, 4.69) is 39.8 Å². The van der Waals surface area contributed by atoms with Gasteiger partial charge >= 0.3 is 0 Å². The second kappa shape index (κ2) is 9.40. The Bertz CT molecular complexity index is 1040. The van der Waals surface area contributed by atoms with Crippen LogP contribution in [0.4, 0.5) is 5.69 Å². The SMILES string of the molecule is O=C(Nc1ccc(C2CCCCC2)cc1)C1=C(O)[C@@H]2CN(Cc3ccccc3)C[C@H]2NC1=O. The highest BCUT2D eigenvalue weighted by Crippen LogP contribution is 2.33. The summed E-state index contributed by atoms with van der Waals surface area (Å²) in [4.78, 5) is 27.8. The van der Waals surface area contributed by atoms with Gasteiger partial charge < -0.3 is 15.7 Å². The normalized spacial score (nSPS) is 23.8. The molecule has 1 aliphatic carbocycles. The van der Waals surface area contributed by atoms with Crippen molar-refractivity contribution in [3.8, 4) is 0 Å². The highest BCUT2D eigenvalue weighted by molar-refractivity contribution is 6.23. The van der Waals surface area contributed by atoms with Crippen LogP contribution in [0.3, 0.4) is 0 Å². The molecule has 1 saturated carbocycles. The predicted octanol–water partition coefficient (Wildman–Crippen LogP) is 4.12. The van der Waals surface area contributed by atoms with Gasteiger partial charge in [-0.15, -0.1) is 0 Å². The average Bonchev–Trinajstić information content (AvgIpc) is 3.23. The Morgan fingerprint density at radius 2 is 1.73 bits per heavy atom. The third kappa shape index (κ3) is 4.67. The second-order valence-electron chi connectivity index (χ2n) is 9.54. The molecule has 172 valence electrons. The minimum atomic E-state index is -0.560. The van der Waals surface area contributed by atoms with E-state index < -0.39 is 11.8 Å². The van der Waals surface area contributed by atoms with Gasteiger partial charge in [0.05, 0.1) is 12.0 Å². The molecule has 3 aliphatic rings. The topological polar surface area (TPSA) is 81.7 Å². The predicted molar refractivity (Wildman–Crippen MR) is 128 cm³/mol. The van der Waals surface area contributed by atoms with E-state index in [1.807, 2.05) is 30.3 Å². The molecular formula is C27H31N3O3. The first-order valence-corrected chi connectivity index (χ1v) is 12.0.